The predicted octanol–water partition coefficient (Wildman–Crippen LogP) is 1.93. The number of hydrogen-bond acceptors (Lipinski definition) is 4. The van der Waals surface area contributed by atoms with Crippen molar-refractivity contribution in [2.45, 2.75) is 26.2 Å². The van der Waals surface area contributed by atoms with Crippen molar-refractivity contribution in [2.24, 2.45) is 0 Å². The molecule has 1 atom stereocenters. The Kier molecular flexibility index (Phi) is 4.65. The lowest BCUT2D eigenvalue weighted by Gasteiger charge is -2.12. The molecule has 0 aliphatic heterocycles. The molecule has 2 N–H and O–H groups in total. The number of carbonyl (C=O) groups is 1. The van der Waals surface area contributed by atoms with Crippen molar-refractivity contribution in [1.29, 1.82) is 0 Å². The maximum atomic E-state index is 11.4. The standard InChI is InChI=1S/C12H16N2O4/c1-3-13-12(16)6-8(2)10-5-4-9(14(17)18)7-11(10)15/h4-5,7-8,15H,3,6H2,1-2H3,(H,13,16). The second-order valence-corrected chi connectivity index (χ2v) is 4.06. The molecule has 0 fully saturated rings. The van der Waals surface area contributed by atoms with E-state index >= 15 is 0 Å². The molecule has 98 valence electrons. The number of phenols is 1. The van der Waals surface area contributed by atoms with Crippen LogP contribution < -0.4 is 5.32 Å². The summed E-state index contributed by atoms with van der Waals surface area (Å²) in [6.45, 7) is 4.17. The van der Waals surface area contributed by atoms with Crippen LogP contribution in [0.15, 0.2) is 18.2 Å². The Balaban J connectivity index is 2.83. The van der Waals surface area contributed by atoms with Crippen LogP contribution in [0.3, 0.4) is 0 Å². The minimum absolute atomic E-state index is 0.109. The lowest BCUT2D eigenvalue weighted by atomic mass is 9.96. The first-order valence-corrected chi connectivity index (χ1v) is 5.69. The molecule has 18 heavy (non-hydrogen) atoms. The zero-order valence-electron chi connectivity index (χ0n) is 10.3. The van der Waals surface area contributed by atoms with E-state index in [1.54, 1.807) is 6.92 Å². The van der Waals surface area contributed by atoms with Crippen molar-refractivity contribution in [3.8, 4) is 5.75 Å². The van der Waals surface area contributed by atoms with Crippen molar-refractivity contribution in [3.05, 3.63) is 33.9 Å². The Labute approximate surface area is 105 Å². The summed E-state index contributed by atoms with van der Waals surface area (Å²) in [5.74, 6) is -0.457. The van der Waals surface area contributed by atoms with Gasteiger partial charge in [-0.3, -0.25) is 14.9 Å². The van der Waals surface area contributed by atoms with Crippen LogP contribution in [0, 0.1) is 10.1 Å². The van der Waals surface area contributed by atoms with Crippen molar-refractivity contribution >= 4 is 11.6 Å². The van der Waals surface area contributed by atoms with Crippen molar-refractivity contribution in [2.75, 3.05) is 6.54 Å². The van der Waals surface area contributed by atoms with Crippen LogP contribution in [0.2, 0.25) is 0 Å². The maximum absolute atomic E-state index is 11.4. The summed E-state index contributed by atoms with van der Waals surface area (Å²) >= 11 is 0. The van der Waals surface area contributed by atoms with Gasteiger partial charge in [-0.1, -0.05) is 6.92 Å². The van der Waals surface area contributed by atoms with Gasteiger partial charge in [-0.05, 0) is 24.5 Å². The second-order valence-electron chi connectivity index (χ2n) is 4.06. The van der Waals surface area contributed by atoms with E-state index in [1.807, 2.05) is 6.92 Å². The molecule has 1 aromatic carbocycles. The molecule has 0 aliphatic rings. The summed E-state index contributed by atoms with van der Waals surface area (Å²) in [5, 5.41) is 22.9. The number of rotatable bonds is 5. The smallest absolute Gasteiger partial charge is 0.273 e. The van der Waals surface area contributed by atoms with Crippen molar-refractivity contribution < 1.29 is 14.8 Å². The van der Waals surface area contributed by atoms with Gasteiger partial charge in [0.2, 0.25) is 5.91 Å². The summed E-state index contributed by atoms with van der Waals surface area (Å²) < 4.78 is 0. The average Bonchev–Trinajstić information content (AvgIpc) is 2.28. The van der Waals surface area contributed by atoms with Crippen molar-refractivity contribution in [3.63, 3.8) is 0 Å². The number of phenolic OH excluding ortho intramolecular Hbond substituents is 1. The molecule has 1 aromatic rings. The molecule has 0 saturated carbocycles. The predicted molar refractivity (Wildman–Crippen MR) is 66.5 cm³/mol. The normalized spacial score (nSPS) is 11.9. The first kappa shape index (κ1) is 14.0. The third-order valence-electron chi connectivity index (χ3n) is 2.62. The van der Waals surface area contributed by atoms with E-state index in [4.69, 9.17) is 0 Å². The third-order valence-corrected chi connectivity index (χ3v) is 2.62. The summed E-state index contributed by atoms with van der Waals surface area (Å²) in [4.78, 5) is 21.4. The molecule has 0 bridgehead atoms. The fraction of sp³-hybridized carbons (Fsp3) is 0.417. The van der Waals surface area contributed by atoms with E-state index in [9.17, 15) is 20.0 Å². The highest BCUT2D eigenvalue weighted by atomic mass is 16.6. The van der Waals surface area contributed by atoms with E-state index in [2.05, 4.69) is 5.32 Å². The van der Waals surface area contributed by atoms with Crippen LogP contribution in [0.5, 0.6) is 5.75 Å². The molecule has 0 saturated heterocycles. The van der Waals surface area contributed by atoms with Crippen LogP contribution in [-0.2, 0) is 4.79 Å². The van der Waals surface area contributed by atoms with Gasteiger partial charge in [0.15, 0.2) is 0 Å². The first-order chi connectivity index (χ1) is 8.45. The van der Waals surface area contributed by atoms with Gasteiger partial charge in [-0.25, -0.2) is 0 Å². The highest BCUT2D eigenvalue weighted by Gasteiger charge is 2.17. The van der Waals surface area contributed by atoms with Crippen LogP contribution >= 0.6 is 0 Å². The first-order valence-electron chi connectivity index (χ1n) is 5.69. The Morgan fingerprint density at radius 2 is 2.22 bits per heavy atom. The summed E-state index contributed by atoms with van der Waals surface area (Å²) in [7, 11) is 0. The SMILES string of the molecule is CCNC(=O)CC(C)c1ccc([N+](=O)[O-])cc1O. The zero-order chi connectivity index (χ0) is 13.7. The van der Waals surface area contributed by atoms with Crippen LogP contribution in [-0.4, -0.2) is 22.5 Å². The molecule has 0 aromatic heterocycles. The highest BCUT2D eigenvalue weighted by molar-refractivity contribution is 5.76. The molecule has 1 rings (SSSR count). The number of nitro groups is 1. The lowest BCUT2D eigenvalue weighted by molar-refractivity contribution is -0.384. The number of hydrogen-bond donors (Lipinski definition) is 2. The summed E-state index contributed by atoms with van der Waals surface area (Å²) in [5.41, 5.74) is 0.369. The molecule has 0 heterocycles. The third kappa shape index (κ3) is 3.44. The van der Waals surface area contributed by atoms with Gasteiger partial charge in [-0.2, -0.15) is 0 Å². The van der Waals surface area contributed by atoms with E-state index < -0.39 is 4.92 Å². The van der Waals surface area contributed by atoms with Gasteiger partial charge in [0.25, 0.3) is 5.69 Å². The maximum Gasteiger partial charge on any atom is 0.273 e. The quantitative estimate of drug-likeness (QED) is 0.618. The number of nitrogens with one attached hydrogen (secondary N) is 1. The zero-order valence-corrected chi connectivity index (χ0v) is 10.3. The van der Waals surface area contributed by atoms with Gasteiger partial charge in [0, 0.05) is 19.0 Å². The second kappa shape index (κ2) is 6.00. The molecule has 0 spiro atoms. The molecular weight excluding hydrogens is 236 g/mol. The van der Waals surface area contributed by atoms with E-state index in [0.717, 1.165) is 6.07 Å². The molecular formula is C12H16N2O4. The monoisotopic (exact) mass is 252 g/mol. The Bertz CT molecular complexity index is 459. The average molecular weight is 252 g/mol. The lowest BCUT2D eigenvalue weighted by Crippen LogP contribution is -2.23. The van der Waals surface area contributed by atoms with E-state index in [1.165, 1.54) is 12.1 Å². The van der Waals surface area contributed by atoms with E-state index in [0.29, 0.717) is 12.1 Å². The topological polar surface area (TPSA) is 92.5 Å². The molecule has 6 heteroatoms. The molecule has 0 aliphatic carbocycles. The van der Waals surface area contributed by atoms with Gasteiger partial charge in [-0.15, -0.1) is 0 Å². The van der Waals surface area contributed by atoms with Gasteiger partial charge >= 0.3 is 0 Å². The number of carbonyl (C=O) groups excluding carboxylic acids is 1. The Hall–Kier alpha value is -2.11. The van der Waals surface area contributed by atoms with Gasteiger partial charge in [0.05, 0.1) is 11.0 Å². The summed E-state index contributed by atoms with van der Waals surface area (Å²) in [6, 6.07) is 3.91. The Morgan fingerprint density at radius 1 is 1.56 bits per heavy atom. The number of non-ortho nitro benzene ring substituents is 1. The minimum Gasteiger partial charge on any atom is -0.507 e. The molecule has 1 unspecified atom stereocenters. The van der Waals surface area contributed by atoms with Gasteiger partial charge < -0.3 is 10.4 Å². The fourth-order valence-electron chi connectivity index (χ4n) is 1.72. The van der Waals surface area contributed by atoms with Crippen molar-refractivity contribution in [1.82, 2.24) is 5.32 Å². The molecule has 1 amide bonds. The molecule has 6 nitrogen and oxygen atoms in total. The number of nitrogens with zero attached hydrogens (tertiary/aromatic N) is 1. The Morgan fingerprint density at radius 3 is 2.72 bits per heavy atom. The van der Waals surface area contributed by atoms with Crippen LogP contribution in [0.4, 0.5) is 5.69 Å². The largest absolute Gasteiger partial charge is 0.507 e. The number of benzene rings is 1. The summed E-state index contributed by atoms with van der Waals surface area (Å²) in [6.07, 6.45) is 0.235. The number of aromatic hydroxyl groups is 1. The number of amides is 1. The van der Waals surface area contributed by atoms with Crippen LogP contribution in [0.1, 0.15) is 31.7 Å². The molecule has 0 radical (unpaired) electrons. The highest BCUT2D eigenvalue weighted by Crippen LogP contribution is 2.31. The minimum atomic E-state index is -0.571. The van der Waals surface area contributed by atoms with Crippen LogP contribution in [0.25, 0.3) is 0 Å². The number of nitro benzene ring substituents is 1. The van der Waals surface area contributed by atoms with Gasteiger partial charge in [0.1, 0.15) is 5.75 Å². The van der Waals surface area contributed by atoms with E-state index in [-0.39, 0.29) is 29.7 Å². The fourth-order valence-corrected chi connectivity index (χ4v) is 1.72.